The van der Waals surface area contributed by atoms with Crippen LogP contribution in [0.15, 0.2) is 0 Å². The third-order valence-electron chi connectivity index (χ3n) is 4.84. The van der Waals surface area contributed by atoms with Crippen molar-refractivity contribution in [2.75, 3.05) is 0 Å². The van der Waals surface area contributed by atoms with E-state index in [9.17, 15) is 4.79 Å². The Balaban J connectivity index is 1.77. The van der Waals surface area contributed by atoms with Gasteiger partial charge < -0.3 is 0 Å². The molecule has 2 rings (SSSR count). The Morgan fingerprint density at radius 3 is 2.17 bits per heavy atom. The van der Waals surface area contributed by atoms with Crippen molar-refractivity contribution in [2.24, 2.45) is 23.2 Å². The SMILES string of the molecule is CC(C)(C)CC1CCCC(CC(=O)C2CCC2)C1. The highest BCUT2D eigenvalue weighted by Gasteiger charge is 2.30. The van der Waals surface area contributed by atoms with Gasteiger partial charge in [0.15, 0.2) is 0 Å². The summed E-state index contributed by atoms with van der Waals surface area (Å²) in [5.41, 5.74) is 0.449. The lowest BCUT2D eigenvalue weighted by atomic mass is 9.71. The van der Waals surface area contributed by atoms with E-state index in [1.165, 1.54) is 51.4 Å². The van der Waals surface area contributed by atoms with E-state index in [1.54, 1.807) is 0 Å². The Morgan fingerprint density at radius 1 is 1.00 bits per heavy atom. The largest absolute Gasteiger partial charge is 0.299 e. The van der Waals surface area contributed by atoms with Crippen LogP contribution in [0.2, 0.25) is 0 Å². The van der Waals surface area contributed by atoms with Crippen molar-refractivity contribution in [3.05, 3.63) is 0 Å². The van der Waals surface area contributed by atoms with Gasteiger partial charge in [-0.3, -0.25) is 4.79 Å². The highest BCUT2D eigenvalue weighted by molar-refractivity contribution is 5.81. The van der Waals surface area contributed by atoms with Crippen LogP contribution in [0.4, 0.5) is 0 Å². The molecule has 2 aliphatic rings. The second-order valence-corrected chi connectivity index (χ2v) is 7.96. The van der Waals surface area contributed by atoms with Gasteiger partial charge in [0.05, 0.1) is 0 Å². The minimum atomic E-state index is 0.449. The van der Waals surface area contributed by atoms with Crippen LogP contribution in [0, 0.1) is 23.2 Å². The predicted molar refractivity (Wildman–Crippen MR) is 76.5 cm³/mol. The average molecular weight is 250 g/mol. The summed E-state index contributed by atoms with van der Waals surface area (Å²) in [5, 5.41) is 0. The summed E-state index contributed by atoms with van der Waals surface area (Å²) < 4.78 is 0. The van der Waals surface area contributed by atoms with Crippen LogP contribution in [-0.4, -0.2) is 5.78 Å². The second-order valence-electron chi connectivity index (χ2n) is 7.96. The normalized spacial score (nSPS) is 29.9. The van der Waals surface area contributed by atoms with Crippen LogP contribution in [0.1, 0.15) is 78.6 Å². The van der Waals surface area contributed by atoms with Gasteiger partial charge in [-0.05, 0) is 42.9 Å². The molecule has 18 heavy (non-hydrogen) atoms. The van der Waals surface area contributed by atoms with Gasteiger partial charge in [-0.15, -0.1) is 0 Å². The number of rotatable bonds is 4. The highest BCUT2D eigenvalue weighted by Crippen LogP contribution is 2.39. The molecule has 0 aliphatic heterocycles. The van der Waals surface area contributed by atoms with E-state index < -0.39 is 0 Å². The summed E-state index contributed by atoms with van der Waals surface area (Å²) in [6.45, 7) is 7.03. The Morgan fingerprint density at radius 2 is 1.61 bits per heavy atom. The molecule has 2 saturated carbocycles. The molecule has 2 atom stereocenters. The Kier molecular flexibility index (Phi) is 4.50. The molecule has 104 valence electrons. The topological polar surface area (TPSA) is 17.1 Å². The van der Waals surface area contributed by atoms with E-state index in [2.05, 4.69) is 20.8 Å². The molecule has 0 radical (unpaired) electrons. The van der Waals surface area contributed by atoms with Crippen molar-refractivity contribution in [2.45, 2.75) is 78.6 Å². The van der Waals surface area contributed by atoms with Crippen molar-refractivity contribution < 1.29 is 4.79 Å². The monoisotopic (exact) mass is 250 g/mol. The maximum absolute atomic E-state index is 12.1. The fourth-order valence-electron chi connectivity index (χ4n) is 3.82. The zero-order valence-corrected chi connectivity index (χ0v) is 12.5. The first-order chi connectivity index (χ1) is 8.44. The fraction of sp³-hybridized carbons (Fsp3) is 0.941. The average Bonchev–Trinajstić information content (AvgIpc) is 2.11. The molecule has 2 unspecified atom stereocenters. The van der Waals surface area contributed by atoms with Crippen LogP contribution < -0.4 is 0 Å². The smallest absolute Gasteiger partial charge is 0.136 e. The minimum absolute atomic E-state index is 0.449. The molecule has 0 spiro atoms. The first-order valence-electron chi connectivity index (χ1n) is 7.97. The summed E-state index contributed by atoms with van der Waals surface area (Å²) in [4.78, 5) is 12.1. The Bertz CT molecular complexity index is 282. The van der Waals surface area contributed by atoms with Crippen molar-refractivity contribution in [1.29, 1.82) is 0 Å². The molecule has 0 aromatic heterocycles. The molecule has 0 saturated heterocycles. The molecule has 0 bridgehead atoms. The van der Waals surface area contributed by atoms with Gasteiger partial charge in [-0.2, -0.15) is 0 Å². The fourth-order valence-corrected chi connectivity index (χ4v) is 3.82. The third-order valence-corrected chi connectivity index (χ3v) is 4.84. The first kappa shape index (κ1) is 14.1. The lowest BCUT2D eigenvalue weighted by molar-refractivity contribution is -0.126. The number of hydrogen-bond donors (Lipinski definition) is 0. The number of ketones is 1. The van der Waals surface area contributed by atoms with E-state index in [0.29, 0.717) is 23.0 Å². The zero-order chi connectivity index (χ0) is 13.2. The quantitative estimate of drug-likeness (QED) is 0.687. The van der Waals surface area contributed by atoms with Crippen molar-refractivity contribution in [3.8, 4) is 0 Å². The van der Waals surface area contributed by atoms with Gasteiger partial charge in [0.25, 0.3) is 0 Å². The zero-order valence-electron chi connectivity index (χ0n) is 12.5. The summed E-state index contributed by atoms with van der Waals surface area (Å²) in [7, 11) is 0. The molecule has 2 aliphatic carbocycles. The number of carbonyl (C=O) groups is 1. The molecule has 0 N–H and O–H groups in total. The molecule has 0 aromatic carbocycles. The van der Waals surface area contributed by atoms with Crippen LogP contribution in [0.25, 0.3) is 0 Å². The summed E-state index contributed by atoms with van der Waals surface area (Å²) in [5.74, 6) is 2.62. The molecule has 2 fully saturated rings. The lowest BCUT2D eigenvalue weighted by Crippen LogP contribution is -2.27. The summed E-state index contributed by atoms with van der Waals surface area (Å²) in [6, 6.07) is 0. The predicted octanol–water partition coefficient (Wildman–Crippen LogP) is 4.99. The maximum Gasteiger partial charge on any atom is 0.136 e. The minimum Gasteiger partial charge on any atom is -0.299 e. The number of carbonyl (C=O) groups excluding carboxylic acids is 1. The highest BCUT2D eigenvalue weighted by atomic mass is 16.1. The molecule has 0 amide bonds. The number of Topliss-reactive ketones (excluding diaryl/α,β-unsaturated/α-hetero) is 1. The molecular formula is C17H30O. The van der Waals surface area contributed by atoms with Gasteiger partial charge in [0, 0.05) is 12.3 Å². The van der Waals surface area contributed by atoms with Crippen molar-refractivity contribution in [3.63, 3.8) is 0 Å². The Labute approximate surface area is 113 Å². The lowest BCUT2D eigenvalue weighted by Gasteiger charge is -2.34. The van der Waals surface area contributed by atoms with E-state index in [-0.39, 0.29) is 0 Å². The van der Waals surface area contributed by atoms with Crippen LogP contribution in [0.3, 0.4) is 0 Å². The van der Waals surface area contributed by atoms with Gasteiger partial charge in [0.2, 0.25) is 0 Å². The van der Waals surface area contributed by atoms with Crippen molar-refractivity contribution >= 4 is 5.78 Å². The van der Waals surface area contributed by atoms with Crippen LogP contribution in [0.5, 0.6) is 0 Å². The van der Waals surface area contributed by atoms with Gasteiger partial charge in [0.1, 0.15) is 5.78 Å². The summed E-state index contributed by atoms with van der Waals surface area (Å²) in [6.07, 6.45) is 11.2. The number of hydrogen-bond acceptors (Lipinski definition) is 1. The van der Waals surface area contributed by atoms with Gasteiger partial charge in [-0.25, -0.2) is 0 Å². The molecular weight excluding hydrogens is 220 g/mol. The molecule has 1 heteroatoms. The van der Waals surface area contributed by atoms with E-state index >= 15 is 0 Å². The standard InChI is InChI=1S/C17H30O/c1-17(2,3)12-14-7-4-6-13(10-14)11-16(18)15-8-5-9-15/h13-15H,4-12H2,1-3H3. The second kappa shape index (κ2) is 5.75. The van der Waals surface area contributed by atoms with Crippen LogP contribution >= 0.6 is 0 Å². The maximum atomic E-state index is 12.1. The van der Waals surface area contributed by atoms with Gasteiger partial charge in [-0.1, -0.05) is 46.5 Å². The van der Waals surface area contributed by atoms with Crippen molar-refractivity contribution in [1.82, 2.24) is 0 Å². The van der Waals surface area contributed by atoms with Crippen LogP contribution in [-0.2, 0) is 4.79 Å². The third kappa shape index (κ3) is 4.10. The van der Waals surface area contributed by atoms with E-state index in [4.69, 9.17) is 0 Å². The molecule has 0 heterocycles. The first-order valence-corrected chi connectivity index (χ1v) is 7.97. The summed E-state index contributed by atoms with van der Waals surface area (Å²) >= 11 is 0. The van der Waals surface area contributed by atoms with Gasteiger partial charge >= 0.3 is 0 Å². The van der Waals surface area contributed by atoms with E-state index in [0.717, 1.165) is 12.3 Å². The molecule has 1 nitrogen and oxygen atoms in total. The molecule has 0 aromatic rings. The van der Waals surface area contributed by atoms with E-state index in [1.807, 2.05) is 0 Å². The Hall–Kier alpha value is -0.330.